The SMILES string of the molecule is CCCC1CC(NC(CO)CC(C)C)CCO1. The van der Waals surface area contributed by atoms with Gasteiger partial charge in [0.05, 0.1) is 12.7 Å². The van der Waals surface area contributed by atoms with Crippen LogP contribution in [0.15, 0.2) is 0 Å². The third-order valence-electron chi connectivity index (χ3n) is 3.43. The maximum Gasteiger partial charge on any atom is 0.0589 e. The number of hydrogen-bond donors (Lipinski definition) is 2. The molecule has 1 aliphatic rings. The van der Waals surface area contributed by atoms with E-state index in [1.54, 1.807) is 0 Å². The van der Waals surface area contributed by atoms with Gasteiger partial charge in [-0.05, 0) is 31.6 Å². The van der Waals surface area contributed by atoms with Crippen LogP contribution in [0, 0.1) is 5.92 Å². The maximum absolute atomic E-state index is 9.38. The van der Waals surface area contributed by atoms with Crippen LogP contribution < -0.4 is 5.32 Å². The lowest BCUT2D eigenvalue weighted by Gasteiger charge is -2.33. The summed E-state index contributed by atoms with van der Waals surface area (Å²) in [4.78, 5) is 0. The first-order valence-corrected chi connectivity index (χ1v) is 7.14. The van der Waals surface area contributed by atoms with Gasteiger partial charge in [0.1, 0.15) is 0 Å². The Morgan fingerprint density at radius 1 is 1.41 bits per heavy atom. The second kappa shape index (κ2) is 8.06. The largest absolute Gasteiger partial charge is 0.395 e. The van der Waals surface area contributed by atoms with Crippen LogP contribution in [0.4, 0.5) is 0 Å². The van der Waals surface area contributed by atoms with E-state index in [1.807, 2.05) is 0 Å². The second-order valence-electron chi connectivity index (χ2n) is 5.68. The molecule has 0 aromatic carbocycles. The highest BCUT2D eigenvalue weighted by Gasteiger charge is 2.24. The summed E-state index contributed by atoms with van der Waals surface area (Å²) < 4.78 is 5.74. The molecule has 1 heterocycles. The minimum absolute atomic E-state index is 0.244. The molecule has 102 valence electrons. The molecule has 17 heavy (non-hydrogen) atoms. The number of rotatable bonds is 7. The number of hydrogen-bond acceptors (Lipinski definition) is 3. The van der Waals surface area contributed by atoms with Crippen molar-refractivity contribution < 1.29 is 9.84 Å². The summed E-state index contributed by atoms with van der Waals surface area (Å²) >= 11 is 0. The predicted molar refractivity (Wildman–Crippen MR) is 71.1 cm³/mol. The van der Waals surface area contributed by atoms with E-state index in [-0.39, 0.29) is 12.6 Å². The Morgan fingerprint density at radius 3 is 2.76 bits per heavy atom. The average molecular weight is 243 g/mol. The van der Waals surface area contributed by atoms with Gasteiger partial charge in [0.2, 0.25) is 0 Å². The van der Waals surface area contributed by atoms with Gasteiger partial charge in [-0.25, -0.2) is 0 Å². The summed E-state index contributed by atoms with van der Waals surface area (Å²) in [5.41, 5.74) is 0. The third kappa shape index (κ3) is 5.84. The van der Waals surface area contributed by atoms with Crippen molar-refractivity contribution in [2.45, 2.75) is 71.1 Å². The van der Waals surface area contributed by atoms with E-state index >= 15 is 0 Å². The molecule has 3 atom stereocenters. The van der Waals surface area contributed by atoms with Crippen molar-refractivity contribution in [3.05, 3.63) is 0 Å². The number of nitrogens with one attached hydrogen (secondary N) is 1. The molecule has 0 aromatic heterocycles. The van der Waals surface area contributed by atoms with Crippen LogP contribution in [0.5, 0.6) is 0 Å². The van der Waals surface area contributed by atoms with Gasteiger partial charge < -0.3 is 15.2 Å². The maximum atomic E-state index is 9.38. The van der Waals surface area contributed by atoms with Crippen molar-refractivity contribution in [3.8, 4) is 0 Å². The first-order chi connectivity index (χ1) is 8.15. The molecule has 0 aliphatic carbocycles. The van der Waals surface area contributed by atoms with Crippen LogP contribution in [0.25, 0.3) is 0 Å². The molecule has 1 saturated heterocycles. The molecule has 0 radical (unpaired) electrons. The lowest BCUT2D eigenvalue weighted by atomic mass is 9.97. The van der Waals surface area contributed by atoms with E-state index in [9.17, 15) is 5.11 Å². The zero-order valence-corrected chi connectivity index (χ0v) is 11.6. The molecule has 0 saturated carbocycles. The molecular weight excluding hydrogens is 214 g/mol. The fraction of sp³-hybridized carbons (Fsp3) is 1.00. The van der Waals surface area contributed by atoms with Crippen molar-refractivity contribution in [1.82, 2.24) is 5.32 Å². The van der Waals surface area contributed by atoms with Crippen LogP contribution in [0.1, 0.15) is 52.9 Å². The van der Waals surface area contributed by atoms with Gasteiger partial charge >= 0.3 is 0 Å². The Kier molecular flexibility index (Phi) is 7.09. The zero-order valence-electron chi connectivity index (χ0n) is 11.6. The van der Waals surface area contributed by atoms with E-state index in [0.717, 1.165) is 32.3 Å². The molecule has 3 unspecified atom stereocenters. The fourth-order valence-corrected chi connectivity index (χ4v) is 2.65. The molecule has 1 aliphatic heterocycles. The van der Waals surface area contributed by atoms with E-state index in [1.165, 1.54) is 6.42 Å². The third-order valence-corrected chi connectivity index (χ3v) is 3.43. The average Bonchev–Trinajstić information content (AvgIpc) is 2.28. The van der Waals surface area contributed by atoms with Crippen LogP contribution >= 0.6 is 0 Å². The van der Waals surface area contributed by atoms with Crippen LogP contribution in [0.2, 0.25) is 0 Å². The van der Waals surface area contributed by atoms with Crippen molar-refractivity contribution in [2.75, 3.05) is 13.2 Å². The Morgan fingerprint density at radius 2 is 2.18 bits per heavy atom. The van der Waals surface area contributed by atoms with E-state index in [4.69, 9.17) is 4.74 Å². The van der Waals surface area contributed by atoms with Crippen LogP contribution in [-0.2, 0) is 4.74 Å². The van der Waals surface area contributed by atoms with Gasteiger partial charge in [0.15, 0.2) is 0 Å². The zero-order chi connectivity index (χ0) is 12.7. The normalized spacial score (nSPS) is 27.4. The van der Waals surface area contributed by atoms with Crippen LogP contribution in [0.3, 0.4) is 0 Å². The van der Waals surface area contributed by atoms with Gasteiger partial charge in [-0.1, -0.05) is 27.2 Å². The monoisotopic (exact) mass is 243 g/mol. The molecular formula is C14H29NO2. The summed E-state index contributed by atoms with van der Waals surface area (Å²) in [5, 5.41) is 13.0. The van der Waals surface area contributed by atoms with Crippen molar-refractivity contribution in [3.63, 3.8) is 0 Å². The smallest absolute Gasteiger partial charge is 0.0589 e. The van der Waals surface area contributed by atoms with E-state index in [0.29, 0.717) is 18.1 Å². The standard InChI is InChI=1S/C14H29NO2/c1-4-5-14-9-12(6-7-17-14)15-13(10-16)8-11(2)3/h11-16H,4-10H2,1-3H3. The summed E-state index contributed by atoms with van der Waals surface area (Å²) in [6, 6.07) is 0.775. The first-order valence-electron chi connectivity index (χ1n) is 7.14. The summed E-state index contributed by atoms with van der Waals surface area (Å²) in [7, 11) is 0. The molecule has 0 aromatic rings. The number of ether oxygens (including phenoxy) is 1. The quantitative estimate of drug-likeness (QED) is 0.721. The molecule has 0 amide bonds. The molecule has 3 heteroatoms. The Hall–Kier alpha value is -0.120. The Labute approximate surface area is 106 Å². The van der Waals surface area contributed by atoms with E-state index in [2.05, 4.69) is 26.1 Å². The molecule has 1 rings (SSSR count). The highest BCUT2D eigenvalue weighted by Crippen LogP contribution is 2.19. The Balaban J connectivity index is 2.33. The van der Waals surface area contributed by atoms with Crippen LogP contribution in [-0.4, -0.2) is 36.5 Å². The van der Waals surface area contributed by atoms with Crippen molar-refractivity contribution in [1.29, 1.82) is 0 Å². The second-order valence-corrected chi connectivity index (χ2v) is 5.68. The molecule has 0 bridgehead atoms. The summed E-state index contributed by atoms with van der Waals surface area (Å²) in [6.07, 6.45) is 5.99. The van der Waals surface area contributed by atoms with E-state index < -0.39 is 0 Å². The highest BCUT2D eigenvalue weighted by atomic mass is 16.5. The topological polar surface area (TPSA) is 41.5 Å². The van der Waals surface area contributed by atoms with Gasteiger partial charge in [0, 0.05) is 18.7 Å². The predicted octanol–water partition coefficient (Wildman–Crippen LogP) is 2.33. The first kappa shape index (κ1) is 14.9. The molecule has 0 spiro atoms. The lowest BCUT2D eigenvalue weighted by molar-refractivity contribution is -0.00678. The van der Waals surface area contributed by atoms with Gasteiger partial charge in [-0.15, -0.1) is 0 Å². The molecule has 3 nitrogen and oxygen atoms in total. The van der Waals surface area contributed by atoms with Crippen molar-refractivity contribution in [2.24, 2.45) is 5.92 Å². The van der Waals surface area contributed by atoms with Gasteiger partial charge in [0.25, 0.3) is 0 Å². The van der Waals surface area contributed by atoms with Crippen molar-refractivity contribution >= 4 is 0 Å². The summed E-state index contributed by atoms with van der Waals surface area (Å²) in [5.74, 6) is 0.630. The fourth-order valence-electron chi connectivity index (χ4n) is 2.65. The molecule has 1 fully saturated rings. The lowest BCUT2D eigenvalue weighted by Crippen LogP contribution is -2.46. The molecule has 2 N–H and O–H groups in total. The van der Waals surface area contributed by atoms with Gasteiger partial charge in [-0.3, -0.25) is 0 Å². The highest BCUT2D eigenvalue weighted by molar-refractivity contribution is 4.80. The Bertz CT molecular complexity index is 195. The number of aliphatic hydroxyl groups excluding tert-OH is 1. The summed E-state index contributed by atoms with van der Waals surface area (Å²) in [6.45, 7) is 7.72. The minimum atomic E-state index is 0.244. The van der Waals surface area contributed by atoms with Gasteiger partial charge in [-0.2, -0.15) is 0 Å². The minimum Gasteiger partial charge on any atom is -0.395 e. The number of aliphatic hydroxyl groups is 1.